The van der Waals surface area contributed by atoms with Gasteiger partial charge in [0.1, 0.15) is 17.7 Å². The maximum absolute atomic E-state index is 12.4. The summed E-state index contributed by atoms with van der Waals surface area (Å²) >= 11 is 8.60. The topological polar surface area (TPSA) is 56.4 Å². The number of nitrogens with one attached hydrogen (secondary N) is 1. The van der Waals surface area contributed by atoms with Crippen LogP contribution in [-0.4, -0.2) is 24.1 Å². The Labute approximate surface area is 158 Å². The van der Waals surface area contributed by atoms with E-state index in [1.807, 2.05) is 24.3 Å². The van der Waals surface area contributed by atoms with Crippen molar-refractivity contribution >= 4 is 33.9 Å². The minimum Gasteiger partial charge on any atom is -0.497 e. The van der Waals surface area contributed by atoms with Crippen LogP contribution in [0.15, 0.2) is 63.7 Å². The van der Waals surface area contributed by atoms with Crippen molar-refractivity contribution in [3.63, 3.8) is 0 Å². The highest BCUT2D eigenvalue weighted by Crippen LogP contribution is 2.22. The first-order chi connectivity index (χ1) is 12.1. The molecule has 1 N–H and O–H groups in total. The van der Waals surface area contributed by atoms with E-state index in [4.69, 9.17) is 21.4 Å². The molecular weight excluding hydrogens is 404 g/mol. The monoisotopic (exact) mass is 418 g/mol. The van der Waals surface area contributed by atoms with Gasteiger partial charge in [-0.25, -0.2) is 4.68 Å². The summed E-state index contributed by atoms with van der Waals surface area (Å²) in [5.41, 5.74) is 5.29. The summed E-state index contributed by atoms with van der Waals surface area (Å²) in [5.74, 6) is 0.645. The summed E-state index contributed by atoms with van der Waals surface area (Å²) in [6.07, 6.45) is 1.57. The molecule has 5 nitrogen and oxygen atoms in total. The molecule has 0 spiro atoms. The van der Waals surface area contributed by atoms with Crippen LogP contribution >= 0.6 is 28.1 Å². The number of hydrogen-bond donors (Lipinski definition) is 1. The van der Waals surface area contributed by atoms with Crippen molar-refractivity contribution < 1.29 is 13.9 Å². The summed E-state index contributed by atoms with van der Waals surface area (Å²) in [7, 11) is 1.59. The Hall–Kier alpha value is -2.38. The van der Waals surface area contributed by atoms with Crippen LogP contribution in [0.2, 0.25) is 0 Å². The summed E-state index contributed by atoms with van der Waals surface area (Å²) in [6.45, 7) is 0.0870. The van der Waals surface area contributed by atoms with Crippen LogP contribution in [0.25, 0.3) is 11.3 Å². The predicted molar refractivity (Wildman–Crippen MR) is 102 cm³/mol. The third-order valence-electron chi connectivity index (χ3n) is 3.64. The largest absolute Gasteiger partial charge is 0.497 e. The number of carbonyl (C=O) groups excluding carboxylic acids is 1. The number of hydrogen-bond acceptors (Lipinski definition) is 5. The van der Waals surface area contributed by atoms with Gasteiger partial charge in [-0.2, -0.15) is 0 Å². The summed E-state index contributed by atoms with van der Waals surface area (Å²) in [6, 6.07) is 14.7. The van der Waals surface area contributed by atoms with E-state index in [0.717, 1.165) is 15.7 Å². The van der Waals surface area contributed by atoms with Gasteiger partial charge in [0.25, 0.3) is 4.84 Å². The Morgan fingerprint density at radius 2 is 1.88 bits per heavy atom. The van der Waals surface area contributed by atoms with Gasteiger partial charge in [-0.1, -0.05) is 28.1 Å². The number of benzene rings is 2. The van der Waals surface area contributed by atoms with Crippen molar-refractivity contribution in [2.45, 2.75) is 0 Å². The van der Waals surface area contributed by atoms with Crippen molar-refractivity contribution in [3.05, 3.63) is 69.7 Å². The van der Waals surface area contributed by atoms with Gasteiger partial charge in [0.15, 0.2) is 5.78 Å². The molecule has 2 aromatic carbocycles. The number of halogens is 1. The van der Waals surface area contributed by atoms with Gasteiger partial charge in [-0.3, -0.25) is 4.79 Å². The average molecular weight is 419 g/mol. The molecule has 7 heteroatoms. The molecular formula is C18H15BrN2O3S. The highest BCUT2D eigenvalue weighted by molar-refractivity contribution is 9.10. The van der Waals surface area contributed by atoms with Gasteiger partial charge in [-0.15, -0.1) is 0 Å². The smallest absolute Gasteiger partial charge is 0.288 e. The number of ketones is 1. The minimum absolute atomic E-state index is 0.0625. The maximum atomic E-state index is 12.4. The lowest BCUT2D eigenvalue weighted by Gasteiger charge is -2.10. The van der Waals surface area contributed by atoms with Crippen LogP contribution in [0, 0.1) is 4.84 Å². The van der Waals surface area contributed by atoms with Crippen LogP contribution in [0.3, 0.4) is 0 Å². The molecule has 0 amide bonds. The molecule has 3 aromatic rings. The number of oxazole rings is 1. The van der Waals surface area contributed by atoms with Crippen molar-refractivity contribution in [2.24, 2.45) is 0 Å². The lowest BCUT2D eigenvalue weighted by molar-refractivity contribution is 0.100. The van der Waals surface area contributed by atoms with Crippen LogP contribution < -0.4 is 10.2 Å². The summed E-state index contributed by atoms with van der Waals surface area (Å²) < 4.78 is 13.0. The van der Waals surface area contributed by atoms with Gasteiger partial charge in [0.2, 0.25) is 0 Å². The number of methoxy groups -OCH3 is 1. The van der Waals surface area contributed by atoms with Crippen molar-refractivity contribution in [2.75, 3.05) is 19.1 Å². The fourth-order valence-corrected chi connectivity index (χ4v) is 2.78. The zero-order chi connectivity index (χ0) is 17.8. The third kappa shape index (κ3) is 4.00. The normalized spacial score (nSPS) is 10.5. The fourth-order valence-electron chi connectivity index (χ4n) is 2.31. The standard InChI is InChI=1S/C18H15BrN2O3S/c1-23-15-8-4-13(5-9-15)17(22)10-20-21-16(11-24-18(21)25)12-2-6-14(19)7-3-12/h2-9,11,20H,10H2,1H3. The first-order valence-electron chi connectivity index (χ1n) is 7.46. The fraction of sp³-hybridized carbons (Fsp3) is 0.111. The molecule has 25 heavy (non-hydrogen) atoms. The van der Waals surface area contributed by atoms with E-state index < -0.39 is 0 Å². The number of ether oxygens (including phenoxy) is 1. The molecule has 1 heterocycles. The van der Waals surface area contributed by atoms with Crippen LogP contribution in [0.1, 0.15) is 10.4 Å². The van der Waals surface area contributed by atoms with Gasteiger partial charge in [0.05, 0.1) is 13.7 Å². The Balaban J connectivity index is 1.77. The second-order valence-corrected chi connectivity index (χ2v) is 6.48. The highest BCUT2D eigenvalue weighted by Gasteiger charge is 2.11. The van der Waals surface area contributed by atoms with Crippen molar-refractivity contribution in [1.82, 2.24) is 4.68 Å². The molecule has 3 rings (SSSR count). The number of aromatic nitrogens is 1. The molecule has 0 aliphatic rings. The van der Waals surface area contributed by atoms with E-state index in [-0.39, 0.29) is 17.2 Å². The molecule has 0 bridgehead atoms. The number of nitrogens with zero attached hydrogens (tertiary/aromatic N) is 1. The number of carbonyl (C=O) groups is 1. The second-order valence-electron chi connectivity index (χ2n) is 5.22. The van der Waals surface area contributed by atoms with Crippen LogP contribution in [0.5, 0.6) is 5.75 Å². The maximum Gasteiger partial charge on any atom is 0.288 e. The van der Waals surface area contributed by atoms with Gasteiger partial charge >= 0.3 is 0 Å². The molecule has 0 saturated carbocycles. The lowest BCUT2D eigenvalue weighted by Crippen LogP contribution is -2.23. The summed E-state index contributed by atoms with van der Waals surface area (Å²) in [5, 5.41) is 0. The Kier molecular flexibility index (Phi) is 5.35. The first-order valence-corrected chi connectivity index (χ1v) is 8.66. The molecule has 0 aliphatic heterocycles. The van der Waals surface area contributed by atoms with E-state index in [0.29, 0.717) is 11.3 Å². The van der Waals surface area contributed by atoms with Crippen LogP contribution in [0.4, 0.5) is 0 Å². The van der Waals surface area contributed by atoms with Gasteiger partial charge in [-0.05, 0) is 48.6 Å². The van der Waals surface area contributed by atoms with E-state index in [1.54, 1.807) is 42.3 Å². The van der Waals surface area contributed by atoms with Crippen molar-refractivity contribution in [3.8, 4) is 17.0 Å². The molecule has 1 aromatic heterocycles. The third-order valence-corrected chi connectivity index (χ3v) is 4.45. The molecule has 0 atom stereocenters. The summed E-state index contributed by atoms with van der Waals surface area (Å²) in [4.78, 5) is 12.6. The number of rotatable bonds is 6. The molecule has 0 aliphatic carbocycles. The Bertz CT molecular complexity index is 930. The molecule has 128 valence electrons. The molecule has 0 fully saturated rings. The zero-order valence-corrected chi connectivity index (χ0v) is 15.8. The average Bonchev–Trinajstić information content (AvgIpc) is 3.01. The molecule has 0 radical (unpaired) electrons. The lowest BCUT2D eigenvalue weighted by atomic mass is 10.1. The van der Waals surface area contributed by atoms with Gasteiger partial charge < -0.3 is 14.6 Å². The zero-order valence-electron chi connectivity index (χ0n) is 13.4. The Morgan fingerprint density at radius 1 is 1.20 bits per heavy atom. The quantitative estimate of drug-likeness (QED) is 0.465. The highest BCUT2D eigenvalue weighted by atomic mass is 79.9. The van der Waals surface area contributed by atoms with Crippen LogP contribution in [-0.2, 0) is 0 Å². The van der Waals surface area contributed by atoms with E-state index in [1.165, 1.54) is 0 Å². The molecule has 0 saturated heterocycles. The van der Waals surface area contributed by atoms with E-state index in [2.05, 4.69) is 21.4 Å². The number of Topliss-reactive ketones (excluding diaryl/α,β-unsaturated/α-hetero) is 1. The van der Waals surface area contributed by atoms with Crippen molar-refractivity contribution in [1.29, 1.82) is 0 Å². The minimum atomic E-state index is -0.0625. The van der Waals surface area contributed by atoms with E-state index >= 15 is 0 Å². The van der Waals surface area contributed by atoms with Gasteiger partial charge in [0, 0.05) is 15.6 Å². The SMILES string of the molecule is COc1ccc(C(=O)CNn2c(-c3ccc(Br)cc3)coc2=S)cc1. The second kappa shape index (κ2) is 7.67. The first kappa shape index (κ1) is 17.4. The van der Waals surface area contributed by atoms with E-state index in [9.17, 15) is 4.79 Å². The predicted octanol–water partition coefficient (Wildman–Crippen LogP) is 4.68. The molecule has 0 unspecified atom stereocenters. The Morgan fingerprint density at radius 3 is 2.52 bits per heavy atom.